The molecule has 2 aliphatic heterocycles. The molecule has 1 atom stereocenters. The van der Waals surface area contributed by atoms with Crippen LogP contribution in [0.4, 0.5) is 16.2 Å². The number of carbonyl (C=O) groups excluding carboxylic acids is 3. The lowest BCUT2D eigenvalue weighted by molar-refractivity contribution is -0.125. The Bertz CT molecular complexity index is 932. The summed E-state index contributed by atoms with van der Waals surface area (Å²) >= 11 is 7.03. The van der Waals surface area contributed by atoms with Gasteiger partial charge in [-0.15, -0.1) is 11.3 Å². The summed E-state index contributed by atoms with van der Waals surface area (Å²) in [5.74, 6) is -0.344. The number of ether oxygens (including phenoxy) is 2. The van der Waals surface area contributed by atoms with Crippen molar-refractivity contribution in [3.63, 3.8) is 0 Å². The van der Waals surface area contributed by atoms with E-state index < -0.39 is 12.2 Å². The smallest absolute Gasteiger partial charge is 0.414 e. The van der Waals surface area contributed by atoms with Crippen molar-refractivity contribution >= 4 is 52.2 Å². The van der Waals surface area contributed by atoms with E-state index in [0.29, 0.717) is 34.6 Å². The van der Waals surface area contributed by atoms with E-state index in [9.17, 15) is 14.4 Å². The highest BCUT2D eigenvalue weighted by molar-refractivity contribution is 7.18. The van der Waals surface area contributed by atoms with Crippen LogP contribution >= 0.6 is 22.9 Å². The van der Waals surface area contributed by atoms with E-state index in [-0.39, 0.29) is 25.0 Å². The number of hydrogen-bond acceptors (Lipinski definition) is 6. The van der Waals surface area contributed by atoms with Crippen LogP contribution in [0.2, 0.25) is 4.34 Å². The molecule has 0 aliphatic carbocycles. The molecule has 4 rings (SSSR count). The summed E-state index contributed by atoms with van der Waals surface area (Å²) in [7, 11) is 0. The number of anilines is 2. The van der Waals surface area contributed by atoms with E-state index in [1.54, 1.807) is 41.3 Å². The van der Waals surface area contributed by atoms with Crippen LogP contribution in [-0.2, 0) is 14.3 Å². The van der Waals surface area contributed by atoms with E-state index in [0.717, 1.165) is 5.69 Å². The fourth-order valence-electron chi connectivity index (χ4n) is 3.17. The predicted molar refractivity (Wildman–Crippen MR) is 109 cm³/mol. The molecule has 3 amide bonds. The van der Waals surface area contributed by atoms with Crippen LogP contribution in [0.1, 0.15) is 9.67 Å². The summed E-state index contributed by atoms with van der Waals surface area (Å²) in [5, 5.41) is 2.76. The molecule has 3 heterocycles. The Morgan fingerprint density at radius 1 is 1.14 bits per heavy atom. The number of amides is 3. The second-order valence-electron chi connectivity index (χ2n) is 6.54. The minimum Gasteiger partial charge on any atom is -0.442 e. The second kappa shape index (κ2) is 8.40. The number of nitrogens with zero attached hydrogens (tertiary/aromatic N) is 2. The fraction of sp³-hybridized carbons (Fsp3) is 0.316. The van der Waals surface area contributed by atoms with Gasteiger partial charge in [-0.25, -0.2) is 4.79 Å². The molecule has 0 unspecified atom stereocenters. The standard InChI is InChI=1S/C19H18ClN3O5S/c20-16-6-5-15(29-16)18(25)21-9-14-10-23(19(26)28-14)13-3-1-12(2-4-13)22-7-8-27-11-17(22)24/h1-6,14H,7-11H2,(H,21,25)/t14-/m1/s1. The molecule has 1 N–H and O–H groups in total. The van der Waals surface area contributed by atoms with Gasteiger partial charge in [-0.1, -0.05) is 11.6 Å². The Morgan fingerprint density at radius 2 is 1.86 bits per heavy atom. The van der Waals surface area contributed by atoms with Crippen LogP contribution < -0.4 is 15.1 Å². The third-order valence-electron chi connectivity index (χ3n) is 4.62. The molecule has 2 aliphatic rings. The van der Waals surface area contributed by atoms with Crippen molar-refractivity contribution in [1.82, 2.24) is 5.32 Å². The maximum absolute atomic E-state index is 12.2. The van der Waals surface area contributed by atoms with Crippen LogP contribution in [0, 0.1) is 0 Å². The molecule has 0 saturated carbocycles. The maximum Gasteiger partial charge on any atom is 0.414 e. The Kier molecular flexibility index (Phi) is 5.70. The van der Waals surface area contributed by atoms with Gasteiger partial charge in [0.05, 0.1) is 28.9 Å². The molecule has 2 aromatic rings. The number of cyclic esters (lactones) is 1. The molecule has 0 radical (unpaired) electrons. The van der Waals surface area contributed by atoms with Gasteiger partial charge in [0.25, 0.3) is 11.8 Å². The zero-order valence-corrected chi connectivity index (χ0v) is 16.9. The Labute approximate surface area is 175 Å². The molecule has 0 spiro atoms. The highest BCUT2D eigenvalue weighted by Crippen LogP contribution is 2.26. The van der Waals surface area contributed by atoms with Crippen LogP contribution in [0.25, 0.3) is 0 Å². The third kappa shape index (κ3) is 4.36. The molecule has 29 heavy (non-hydrogen) atoms. The van der Waals surface area contributed by atoms with Crippen LogP contribution in [0.3, 0.4) is 0 Å². The van der Waals surface area contributed by atoms with Gasteiger partial charge in [0, 0.05) is 17.9 Å². The first-order valence-electron chi connectivity index (χ1n) is 9.01. The zero-order valence-electron chi connectivity index (χ0n) is 15.3. The number of halogens is 1. The van der Waals surface area contributed by atoms with Crippen molar-refractivity contribution in [1.29, 1.82) is 0 Å². The van der Waals surface area contributed by atoms with E-state index in [2.05, 4.69) is 5.32 Å². The highest BCUT2D eigenvalue weighted by Gasteiger charge is 2.33. The van der Waals surface area contributed by atoms with E-state index >= 15 is 0 Å². The minimum absolute atomic E-state index is 0.0747. The number of rotatable bonds is 5. The lowest BCUT2D eigenvalue weighted by Crippen LogP contribution is -2.41. The van der Waals surface area contributed by atoms with Gasteiger partial charge < -0.3 is 19.7 Å². The molecule has 152 valence electrons. The summed E-state index contributed by atoms with van der Waals surface area (Å²) in [6.45, 7) is 1.60. The molecule has 10 heteroatoms. The molecule has 1 aromatic heterocycles. The summed E-state index contributed by atoms with van der Waals surface area (Å²) in [6.07, 6.45) is -0.930. The number of benzene rings is 1. The summed E-state index contributed by atoms with van der Waals surface area (Å²) < 4.78 is 11.0. The predicted octanol–water partition coefficient (Wildman–Crippen LogP) is 2.52. The van der Waals surface area contributed by atoms with Crippen molar-refractivity contribution in [2.75, 3.05) is 42.6 Å². The van der Waals surface area contributed by atoms with E-state index in [1.807, 2.05) is 0 Å². The van der Waals surface area contributed by atoms with Crippen molar-refractivity contribution in [2.24, 2.45) is 0 Å². The van der Waals surface area contributed by atoms with Gasteiger partial charge in [0.2, 0.25) is 0 Å². The zero-order chi connectivity index (χ0) is 20.4. The summed E-state index contributed by atoms with van der Waals surface area (Å²) in [6, 6.07) is 10.4. The van der Waals surface area contributed by atoms with Gasteiger partial charge in [-0.2, -0.15) is 0 Å². The fourth-order valence-corrected chi connectivity index (χ4v) is 4.13. The quantitative estimate of drug-likeness (QED) is 0.779. The van der Waals surface area contributed by atoms with Gasteiger partial charge >= 0.3 is 6.09 Å². The lowest BCUT2D eigenvalue weighted by Gasteiger charge is -2.27. The summed E-state index contributed by atoms with van der Waals surface area (Å²) in [4.78, 5) is 39.9. The first-order valence-corrected chi connectivity index (χ1v) is 10.2. The second-order valence-corrected chi connectivity index (χ2v) is 8.26. The number of morpholine rings is 1. The normalized spacial score (nSPS) is 19.4. The minimum atomic E-state index is -0.474. The third-order valence-corrected chi connectivity index (χ3v) is 5.85. The number of carbonyl (C=O) groups is 3. The highest BCUT2D eigenvalue weighted by atomic mass is 35.5. The average Bonchev–Trinajstić information content (AvgIpc) is 3.32. The SMILES string of the molecule is O=C(NC[C@@H]1CN(c2ccc(N3CCOCC3=O)cc2)C(=O)O1)c1ccc(Cl)s1. The van der Waals surface area contributed by atoms with Gasteiger partial charge in [0.1, 0.15) is 12.7 Å². The molecule has 8 nitrogen and oxygen atoms in total. The van der Waals surface area contributed by atoms with Crippen LogP contribution in [-0.4, -0.2) is 56.9 Å². The van der Waals surface area contributed by atoms with Crippen molar-refractivity contribution in [2.45, 2.75) is 6.10 Å². The largest absolute Gasteiger partial charge is 0.442 e. The van der Waals surface area contributed by atoms with Crippen LogP contribution in [0.15, 0.2) is 36.4 Å². The first-order chi connectivity index (χ1) is 14.0. The van der Waals surface area contributed by atoms with Gasteiger partial charge in [-0.05, 0) is 36.4 Å². The van der Waals surface area contributed by atoms with E-state index in [4.69, 9.17) is 21.1 Å². The topological polar surface area (TPSA) is 88.2 Å². The Balaban J connectivity index is 1.35. The lowest BCUT2D eigenvalue weighted by atomic mass is 10.2. The molecule has 2 fully saturated rings. The van der Waals surface area contributed by atoms with Crippen LogP contribution in [0.5, 0.6) is 0 Å². The first kappa shape index (κ1) is 19.7. The average molecular weight is 436 g/mol. The summed E-state index contributed by atoms with van der Waals surface area (Å²) in [5.41, 5.74) is 1.42. The molecular weight excluding hydrogens is 418 g/mol. The molecule has 0 bridgehead atoms. The number of hydrogen-bond donors (Lipinski definition) is 1. The van der Waals surface area contributed by atoms with Gasteiger partial charge in [-0.3, -0.25) is 14.5 Å². The van der Waals surface area contributed by atoms with Gasteiger partial charge in [0.15, 0.2) is 0 Å². The Morgan fingerprint density at radius 3 is 2.52 bits per heavy atom. The van der Waals surface area contributed by atoms with E-state index in [1.165, 1.54) is 16.2 Å². The van der Waals surface area contributed by atoms with Crippen molar-refractivity contribution < 1.29 is 23.9 Å². The number of thiophene rings is 1. The van der Waals surface area contributed by atoms with Crippen molar-refractivity contribution in [3.8, 4) is 0 Å². The molecule has 2 saturated heterocycles. The Hall–Kier alpha value is -2.62. The monoisotopic (exact) mass is 435 g/mol. The molecule has 1 aromatic carbocycles. The maximum atomic E-state index is 12.2. The molecular formula is C19H18ClN3O5S. The van der Waals surface area contributed by atoms with Crippen molar-refractivity contribution in [3.05, 3.63) is 45.6 Å². The number of nitrogens with one attached hydrogen (secondary N) is 1.